The third-order valence-electron chi connectivity index (χ3n) is 1.89. The van der Waals surface area contributed by atoms with Crippen molar-refractivity contribution in [2.24, 2.45) is 0 Å². The summed E-state index contributed by atoms with van der Waals surface area (Å²) in [5.41, 5.74) is 2.03. The summed E-state index contributed by atoms with van der Waals surface area (Å²) in [6.07, 6.45) is 1.78. The van der Waals surface area contributed by atoms with Crippen molar-refractivity contribution in [3.8, 4) is 0 Å². The van der Waals surface area contributed by atoms with Gasteiger partial charge in [-0.25, -0.2) is 9.78 Å². The summed E-state index contributed by atoms with van der Waals surface area (Å²) in [6, 6.07) is 5.28. The zero-order chi connectivity index (χ0) is 9.97. The number of nitrogens with zero attached hydrogens (tertiary/aromatic N) is 1. The van der Waals surface area contributed by atoms with Gasteiger partial charge in [0.05, 0.1) is 17.6 Å². The molecule has 0 aliphatic rings. The predicted molar refractivity (Wildman–Crippen MR) is 52.1 cm³/mol. The van der Waals surface area contributed by atoms with Crippen LogP contribution in [0.5, 0.6) is 0 Å². The molecule has 0 saturated carbocycles. The van der Waals surface area contributed by atoms with Crippen LogP contribution in [0.3, 0.4) is 0 Å². The Morgan fingerprint density at radius 1 is 1.50 bits per heavy atom. The summed E-state index contributed by atoms with van der Waals surface area (Å²) >= 11 is 0. The van der Waals surface area contributed by atoms with E-state index in [4.69, 9.17) is 4.74 Å². The summed E-state index contributed by atoms with van der Waals surface area (Å²) in [6.45, 7) is 2.14. The second-order valence-corrected chi connectivity index (χ2v) is 2.83. The van der Waals surface area contributed by atoms with Gasteiger partial charge in [-0.1, -0.05) is 0 Å². The van der Waals surface area contributed by atoms with Crippen LogP contribution in [0.1, 0.15) is 17.4 Å². The van der Waals surface area contributed by atoms with E-state index >= 15 is 0 Å². The zero-order valence-electron chi connectivity index (χ0n) is 7.78. The molecule has 4 heteroatoms. The van der Waals surface area contributed by atoms with Crippen molar-refractivity contribution >= 4 is 17.0 Å². The Morgan fingerprint density at radius 3 is 3.14 bits per heavy atom. The Hall–Kier alpha value is -1.84. The minimum atomic E-state index is -0.379. The van der Waals surface area contributed by atoms with E-state index in [1.165, 1.54) is 0 Å². The van der Waals surface area contributed by atoms with E-state index in [1.54, 1.807) is 19.2 Å². The number of fused-ring (bicyclic) bond motifs is 1. The average molecular weight is 190 g/mol. The molecule has 0 aliphatic carbocycles. The molecule has 0 aliphatic heterocycles. The van der Waals surface area contributed by atoms with E-state index in [1.807, 2.05) is 12.1 Å². The third-order valence-corrected chi connectivity index (χ3v) is 1.89. The van der Waals surface area contributed by atoms with Crippen LogP contribution in [0.25, 0.3) is 11.0 Å². The smallest absolute Gasteiger partial charge is 0.356 e. The number of esters is 1. The highest BCUT2D eigenvalue weighted by molar-refractivity contribution is 5.90. The number of pyridine rings is 1. The minimum absolute atomic E-state index is 0.346. The molecule has 0 atom stereocenters. The Labute approximate surface area is 80.9 Å². The summed E-state index contributed by atoms with van der Waals surface area (Å²) in [5.74, 6) is -0.379. The Balaban J connectivity index is 2.38. The number of aromatic nitrogens is 2. The number of H-pyrrole nitrogens is 1. The quantitative estimate of drug-likeness (QED) is 0.734. The molecule has 2 rings (SSSR count). The van der Waals surface area contributed by atoms with E-state index in [0.29, 0.717) is 12.3 Å². The van der Waals surface area contributed by atoms with Gasteiger partial charge in [0.2, 0.25) is 0 Å². The molecular weight excluding hydrogens is 180 g/mol. The van der Waals surface area contributed by atoms with Gasteiger partial charge < -0.3 is 9.72 Å². The van der Waals surface area contributed by atoms with E-state index in [-0.39, 0.29) is 5.97 Å². The molecule has 0 amide bonds. The zero-order valence-corrected chi connectivity index (χ0v) is 7.78. The van der Waals surface area contributed by atoms with Gasteiger partial charge >= 0.3 is 5.97 Å². The number of nitrogens with one attached hydrogen (secondary N) is 1. The number of rotatable bonds is 2. The van der Waals surface area contributed by atoms with Crippen LogP contribution in [0, 0.1) is 0 Å². The van der Waals surface area contributed by atoms with E-state index in [0.717, 1.165) is 11.0 Å². The molecule has 72 valence electrons. The minimum Gasteiger partial charge on any atom is -0.461 e. The van der Waals surface area contributed by atoms with E-state index in [2.05, 4.69) is 9.97 Å². The Bertz CT molecular complexity index is 462. The highest BCUT2D eigenvalue weighted by Crippen LogP contribution is 2.10. The lowest BCUT2D eigenvalue weighted by molar-refractivity contribution is 0.0520. The summed E-state index contributed by atoms with van der Waals surface area (Å²) in [7, 11) is 0. The lowest BCUT2D eigenvalue weighted by atomic mass is 10.3. The van der Waals surface area contributed by atoms with Gasteiger partial charge in [-0.2, -0.15) is 0 Å². The van der Waals surface area contributed by atoms with Crippen LogP contribution in [0.2, 0.25) is 0 Å². The Morgan fingerprint density at radius 2 is 2.36 bits per heavy atom. The van der Waals surface area contributed by atoms with Gasteiger partial charge in [0.1, 0.15) is 5.69 Å². The fraction of sp³-hybridized carbons (Fsp3) is 0.200. The summed E-state index contributed by atoms with van der Waals surface area (Å²) < 4.78 is 4.84. The third kappa shape index (κ3) is 1.46. The molecule has 0 aromatic carbocycles. The van der Waals surface area contributed by atoms with Crippen molar-refractivity contribution in [3.05, 3.63) is 30.1 Å². The second-order valence-electron chi connectivity index (χ2n) is 2.83. The SMILES string of the molecule is CCOC(=O)c1ccc2[nH]ccc2n1. The molecule has 2 heterocycles. The van der Waals surface area contributed by atoms with Gasteiger partial charge in [0, 0.05) is 6.20 Å². The maximum atomic E-state index is 11.3. The molecule has 0 bridgehead atoms. The van der Waals surface area contributed by atoms with Crippen molar-refractivity contribution in [2.75, 3.05) is 6.61 Å². The van der Waals surface area contributed by atoms with Gasteiger partial charge in [-0.05, 0) is 25.1 Å². The van der Waals surface area contributed by atoms with Crippen LogP contribution in [0.15, 0.2) is 24.4 Å². The fourth-order valence-corrected chi connectivity index (χ4v) is 1.25. The maximum absolute atomic E-state index is 11.3. The van der Waals surface area contributed by atoms with Crippen LogP contribution in [-0.4, -0.2) is 22.5 Å². The maximum Gasteiger partial charge on any atom is 0.356 e. The van der Waals surface area contributed by atoms with Crippen LogP contribution >= 0.6 is 0 Å². The molecule has 0 saturated heterocycles. The lowest BCUT2D eigenvalue weighted by Crippen LogP contribution is -2.06. The van der Waals surface area contributed by atoms with Gasteiger partial charge in [0.25, 0.3) is 0 Å². The van der Waals surface area contributed by atoms with Gasteiger partial charge in [0.15, 0.2) is 0 Å². The van der Waals surface area contributed by atoms with Crippen molar-refractivity contribution in [1.82, 2.24) is 9.97 Å². The standard InChI is InChI=1S/C10H10N2O2/c1-2-14-10(13)9-4-3-7-8(12-9)5-6-11-7/h3-6,11H,2H2,1H3. The van der Waals surface area contributed by atoms with Crippen LogP contribution in [-0.2, 0) is 4.74 Å². The molecule has 2 aromatic heterocycles. The Kier molecular flexibility index (Phi) is 2.18. The summed E-state index contributed by atoms with van der Waals surface area (Å²) in [5, 5.41) is 0. The molecule has 0 spiro atoms. The largest absolute Gasteiger partial charge is 0.461 e. The van der Waals surface area contributed by atoms with Gasteiger partial charge in [-0.15, -0.1) is 0 Å². The molecular formula is C10H10N2O2. The van der Waals surface area contributed by atoms with Crippen molar-refractivity contribution in [2.45, 2.75) is 6.92 Å². The number of hydrogen-bond acceptors (Lipinski definition) is 3. The van der Waals surface area contributed by atoms with E-state index in [9.17, 15) is 4.79 Å². The topological polar surface area (TPSA) is 55.0 Å². The highest BCUT2D eigenvalue weighted by atomic mass is 16.5. The normalized spacial score (nSPS) is 10.4. The van der Waals surface area contributed by atoms with Gasteiger partial charge in [-0.3, -0.25) is 0 Å². The van der Waals surface area contributed by atoms with Crippen molar-refractivity contribution < 1.29 is 9.53 Å². The predicted octanol–water partition coefficient (Wildman–Crippen LogP) is 1.74. The average Bonchev–Trinajstić information content (AvgIpc) is 2.64. The van der Waals surface area contributed by atoms with Crippen molar-refractivity contribution in [1.29, 1.82) is 0 Å². The first-order valence-corrected chi connectivity index (χ1v) is 4.42. The fourth-order valence-electron chi connectivity index (χ4n) is 1.25. The number of ether oxygens (including phenoxy) is 1. The summed E-state index contributed by atoms with van der Waals surface area (Å²) in [4.78, 5) is 18.5. The first-order valence-electron chi connectivity index (χ1n) is 4.42. The number of carbonyl (C=O) groups is 1. The van der Waals surface area contributed by atoms with E-state index < -0.39 is 0 Å². The van der Waals surface area contributed by atoms with Crippen LogP contribution < -0.4 is 0 Å². The first-order chi connectivity index (χ1) is 6.81. The lowest BCUT2D eigenvalue weighted by Gasteiger charge is -2.00. The molecule has 0 fully saturated rings. The molecule has 1 N–H and O–H groups in total. The molecule has 0 radical (unpaired) electrons. The van der Waals surface area contributed by atoms with Crippen LogP contribution in [0.4, 0.5) is 0 Å². The number of aromatic amines is 1. The van der Waals surface area contributed by atoms with Crippen molar-refractivity contribution in [3.63, 3.8) is 0 Å². The molecule has 0 unspecified atom stereocenters. The highest BCUT2D eigenvalue weighted by Gasteiger charge is 2.08. The molecule has 14 heavy (non-hydrogen) atoms. The number of hydrogen-bond donors (Lipinski definition) is 1. The molecule has 2 aromatic rings. The first kappa shape index (κ1) is 8.74. The monoisotopic (exact) mass is 190 g/mol. The second kappa shape index (κ2) is 3.49. The molecule has 4 nitrogen and oxygen atoms in total. The number of carbonyl (C=O) groups excluding carboxylic acids is 1.